The standard InChI is InChI=1S/C13H19ClN2/c1-3-10(2)7-13(16-15)9-11-5-4-6-12(14)8-11/h4-6,8,13,16H,2-3,7,9,15H2,1H3. The van der Waals surface area contributed by atoms with Gasteiger partial charge in [0.15, 0.2) is 0 Å². The van der Waals surface area contributed by atoms with E-state index in [1.54, 1.807) is 0 Å². The Kier molecular flexibility index (Phi) is 5.53. The average molecular weight is 239 g/mol. The number of hydrogen-bond acceptors (Lipinski definition) is 2. The van der Waals surface area contributed by atoms with Crippen LogP contribution in [0.4, 0.5) is 0 Å². The molecule has 1 atom stereocenters. The highest BCUT2D eigenvalue weighted by Gasteiger charge is 2.08. The molecule has 1 aromatic carbocycles. The van der Waals surface area contributed by atoms with Crippen LogP contribution in [0.5, 0.6) is 0 Å². The molecule has 3 N–H and O–H groups in total. The molecule has 0 saturated carbocycles. The van der Waals surface area contributed by atoms with E-state index in [2.05, 4.69) is 25.0 Å². The van der Waals surface area contributed by atoms with Crippen molar-refractivity contribution in [3.63, 3.8) is 0 Å². The minimum Gasteiger partial charge on any atom is -0.271 e. The lowest BCUT2D eigenvalue weighted by atomic mass is 9.99. The Morgan fingerprint density at radius 1 is 1.56 bits per heavy atom. The molecular weight excluding hydrogens is 220 g/mol. The lowest BCUT2D eigenvalue weighted by Crippen LogP contribution is -2.37. The number of nitrogens with two attached hydrogens (primary N) is 1. The van der Waals surface area contributed by atoms with Crippen LogP contribution in [0.25, 0.3) is 0 Å². The number of hydrogen-bond donors (Lipinski definition) is 2. The smallest absolute Gasteiger partial charge is 0.0408 e. The van der Waals surface area contributed by atoms with Crippen LogP contribution in [-0.2, 0) is 6.42 Å². The van der Waals surface area contributed by atoms with E-state index < -0.39 is 0 Å². The number of nitrogens with one attached hydrogen (secondary N) is 1. The minimum atomic E-state index is 0.228. The second-order valence-electron chi connectivity index (χ2n) is 4.01. The van der Waals surface area contributed by atoms with Crippen LogP contribution >= 0.6 is 11.6 Å². The van der Waals surface area contributed by atoms with Gasteiger partial charge >= 0.3 is 0 Å². The van der Waals surface area contributed by atoms with Crippen LogP contribution in [0.2, 0.25) is 5.02 Å². The molecule has 0 amide bonds. The molecule has 0 saturated heterocycles. The molecule has 0 aliphatic rings. The van der Waals surface area contributed by atoms with E-state index in [-0.39, 0.29) is 6.04 Å². The summed E-state index contributed by atoms with van der Waals surface area (Å²) in [5, 5.41) is 0.766. The van der Waals surface area contributed by atoms with Crippen LogP contribution in [0.15, 0.2) is 36.4 Å². The Balaban J connectivity index is 2.59. The second kappa shape index (κ2) is 6.69. The van der Waals surface area contributed by atoms with Gasteiger partial charge in [0, 0.05) is 11.1 Å². The molecule has 1 rings (SSSR count). The van der Waals surface area contributed by atoms with Gasteiger partial charge in [-0.25, -0.2) is 0 Å². The maximum Gasteiger partial charge on any atom is 0.0408 e. The molecule has 88 valence electrons. The van der Waals surface area contributed by atoms with Crippen molar-refractivity contribution >= 4 is 11.6 Å². The number of hydrazine groups is 1. The molecule has 0 heterocycles. The van der Waals surface area contributed by atoms with E-state index in [9.17, 15) is 0 Å². The molecule has 0 aliphatic carbocycles. The summed E-state index contributed by atoms with van der Waals surface area (Å²) in [6, 6.07) is 8.10. The van der Waals surface area contributed by atoms with Crippen LogP contribution in [-0.4, -0.2) is 6.04 Å². The summed E-state index contributed by atoms with van der Waals surface area (Å²) in [5.74, 6) is 5.54. The molecule has 16 heavy (non-hydrogen) atoms. The Hall–Kier alpha value is -0.830. The van der Waals surface area contributed by atoms with Gasteiger partial charge in [0.25, 0.3) is 0 Å². The summed E-state index contributed by atoms with van der Waals surface area (Å²) in [6.07, 6.45) is 2.77. The van der Waals surface area contributed by atoms with Gasteiger partial charge in [-0.2, -0.15) is 0 Å². The molecule has 0 bridgehead atoms. The highest BCUT2D eigenvalue weighted by molar-refractivity contribution is 6.30. The summed E-state index contributed by atoms with van der Waals surface area (Å²) >= 11 is 5.94. The van der Waals surface area contributed by atoms with Crippen LogP contribution in [0.3, 0.4) is 0 Å². The van der Waals surface area contributed by atoms with Crippen molar-refractivity contribution in [2.75, 3.05) is 0 Å². The fourth-order valence-electron chi connectivity index (χ4n) is 1.63. The first-order valence-corrected chi connectivity index (χ1v) is 5.90. The van der Waals surface area contributed by atoms with Gasteiger partial charge in [0.2, 0.25) is 0 Å². The van der Waals surface area contributed by atoms with Gasteiger partial charge in [-0.3, -0.25) is 11.3 Å². The lowest BCUT2D eigenvalue weighted by Gasteiger charge is -2.16. The van der Waals surface area contributed by atoms with Gasteiger partial charge in [0.05, 0.1) is 0 Å². The highest BCUT2D eigenvalue weighted by atomic mass is 35.5. The lowest BCUT2D eigenvalue weighted by molar-refractivity contribution is 0.516. The predicted molar refractivity (Wildman–Crippen MR) is 70.3 cm³/mol. The molecule has 1 unspecified atom stereocenters. The fraction of sp³-hybridized carbons (Fsp3) is 0.385. The second-order valence-corrected chi connectivity index (χ2v) is 4.44. The van der Waals surface area contributed by atoms with Crippen LogP contribution < -0.4 is 11.3 Å². The monoisotopic (exact) mass is 238 g/mol. The Bertz CT molecular complexity index is 350. The number of halogens is 1. The summed E-state index contributed by atoms with van der Waals surface area (Å²) in [7, 11) is 0. The summed E-state index contributed by atoms with van der Waals surface area (Å²) in [4.78, 5) is 0. The van der Waals surface area contributed by atoms with E-state index >= 15 is 0 Å². The molecule has 3 heteroatoms. The average Bonchev–Trinajstić information content (AvgIpc) is 2.28. The van der Waals surface area contributed by atoms with E-state index in [0.717, 1.165) is 24.3 Å². The number of rotatable bonds is 6. The maximum atomic E-state index is 5.94. The van der Waals surface area contributed by atoms with Crippen molar-refractivity contribution in [3.8, 4) is 0 Å². The topological polar surface area (TPSA) is 38.0 Å². The van der Waals surface area contributed by atoms with Gasteiger partial charge < -0.3 is 0 Å². The van der Waals surface area contributed by atoms with Crippen molar-refractivity contribution in [1.29, 1.82) is 0 Å². The van der Waals surface area contributed by atoms with Crippen molar-refractivity contribution in [1.82, 2.24) is 5.43 Å². The first kappa shape index (κ1) is 13.2. The summed E-state index contributed by atoms with van der Waals surface area (Å²) in [6.45, 7) is 6.10. The quantitative estimate of drug-likeness (QED) is 0.454. The predicted octanol–water partition coefficient (Wildman–Crippen LogP) is 3.07. The first-order chi connectivity index (χ1) is 7.65. The zero-order chi connectivity index (χ0) is 12.0. The van der Waals surface area contributed by atoms with Crippen LogP contribution in [0, 0.1) is 0 Å². The molecule has 2 nitrogen and oxygen atoms in total. The van der Waals surface area contributed by atoms with E-state index in [1.165, 1.54) is 11.1 Å². The van der Waals surface area contributed by atoms with Crippen molar-refractivity contribution < 1.29 is 0 Å². The van der Waals surface area contributed by atoms with Crippen LogP contribution in [0.1, 0.15) is 25.3 Å². The largest absolute Gasteiger partial charge is 0.271 e. The van der Waals surface area contributed by atoms with Gasteiger partial charge in [-0.1, -0.05) is 42.8 Å². The Morgan fingerprint density at radius 3 is 2.88 bits per heavy atom. The third-order valence-electron chi connectivity index (χ3n) is 2.64. The molecule has 0 fully saturated rings. The molecular formula is C13H19ClN2. The SMILES string of the molecule is C=C(CC)CC(Cc1cccc(Cl)c1)NN. The first-order valence-electron chi connectivity index (χ1n) is 5.53. The Morgan fingerprint density at radius 2 is 2.31 bits per heavy atom. The minimum absolute atomic E-state index is 0.228. The molecule has 0 radical (unpaired) electrons. The van der Waals surface area contributed by atoms with Gasteiger partial charge in [-0.05, 0) is 37.0 Å². The van der Waals surface area contributed by atoms with E-state index in [0.29, 0.717) is 0 Å². The van der Waals surface area contributed by atoms with Crippen molar-refractivity contribution in [3.05, 3.63) is 47.0 Å². The molecule has 0 aliphatic heterocycles. The van der Waals surface area contributed by atoms with E-state index in [4.69, 9.17) is 17.4 Å². The highest BCUT2D eigenvalue weighted by Crippen LogP contribution is 2.15. The summed E-state index contributed by atoms with van der Waals surface area (Å²) < 4.78 is 0. The number of benzene rings is 1. The molecule has 0 aromatic heterocycles. The zero-order valence-corrected chi connectivity index (χ0v) is 10.4. The zero-order valence-electron chi connectivity index (χ0n) is 9.67. The third-order valence-corrected chi connectivity index (χ3v) is 2.88. The fourth-order valence-corrected chi connectivity index (χ4v) is 1.84. The van der Waals surface area contributed by atoms with Crippen molar-refractivity contribution in [2.24, 2.45) is 5.84 Å². The third kappa shape index (κ3) is 4.35. The van der Waals surface area contributed by atoms with Gasteiger partial charge in [0.1, 0.15) is 0 Å². The van der Waals surface area contributed by atoms with E-state index in [1.807, 2.05) is 18.2 Å². The molecule has 1 aromatic rings. The van der Waals surface area contributed by atoms with Gasteiger partial charge in [-0.15, -0.1) is 0 Å². The summed E-state index contributed by atoms with van der Waals surface area (Å²) in [5.41, 5.74) is 5.24. The Labute approximate surface area is 102 Å². The normalized spacial score (nSPS) is 12.4. The molecule has 0 spiro atoms. The van der Waals surface area contributed by atoms with Crippen molar-refractivity contribution in [2.45, 2.75) is 32.2 Å². The maximum absolute atomic E-state index is 5.94.